The van der Waals surface area contributed by atoms with Crippen LogP contribution in [-0.4, -0.2) is 30.3 Å². The molecule has 4 nitrogen and oxygen atoms in total. The van der Waals surface area contributed by atoms with Crippen LogP contribution in [0.1, 0.15) is 32.3 Å². The van der Waals surface area contributed by atoms with E-state index in [9.17, 15) is 4.79 Å². The number of carbonyl (C=O) groups is 1. The van der Waals surface area contributed by atoms with Crippen LogP contribution in [-0.2, 0) is 9.53 Å². The molecule has 0 atom stereocenters. The first-order chi connectivity index (χ1) is 9.88. The lowest BCUT2D eigenvalue weighted by Gasteiger charge is -2.22. The predicted octanol–water partition coefficient (Wildman–Crippen LogP) is 2.83. The Morgan fingerprint density at radius 1 is 1.48 bits per heavy atom. The van der Waals surface area contributed by atoms with Crippen LogP contribution < -0.4 is 5.32 Å². The van der Waals surface area contributed by atoms with Crippen LogP contribution in [0, 0.1) is 11.8 Å². The van der Waals surface area contributed by atoms with Crippen molar-refractivity contribution in [2.75, 3.05) is 19.0 Å². The van der Waals surface area contributed by atoms with Crippen molar-refractivity contribution in [3.05, 3.63) is 28.8 Å². The van der Waals surface area contributed by atoms with E-state index in [-0.39, 0.29) is 18.9 Å². The molecule has 0 unspecified atom stereocenters. The molecule has 0 heterocycles. The van der Waals surface area contributed by atoms with E-state index in [1.807, 2.05) is 13.8 Å². The molecule has 0 fully saturated rings. The third-order valence-electron chi connectivity index (χ3n) is 2.85. The fourth-order valence-electron chi connectivity index (χ4n) is 1.60. The van der Waals surface area contributed by atoms with Crippen molar-refractivity contribution in [2.45, 2.75) is 32.3 Å². The van der Waals surface area contributed by atoms with E-state index < -0.39 is 5.60 Å². The van der Waals surface area contributed by atoms with Crippen molar-refractivity contribution in [3.63, 3.8) is 0 Å². The lowest BCUT2D eigenvalue weighted by Crippen LogP contribution is -2.29. The Hall–Kier alpha value is -1.54. The SMILES string of the molecule is COC(C)(C)CC(=O)Nc1cc(Cl)ccc1C#CCCO. The van der Waals surface area contributed by atoms with Crippen molar-refractivity contribution in [2.24, 2.45) is 0 Å². The standard InChI is InChI=1S/C16H20ClNO3/c1-16(2,21-3)11-15(20)18-14-10-13(17)8-7-12(14)6-4-5-9-19/h7-8,10,19H,5,9,11H2,1-3H3,(H,18,20). The number of nitrogens with one attached hydrogen (secondary N) is 1. The van der Waals surface area contributed by atoms with Gasteiger partial charge in [0.15, 0.2) is 0 Å². The predicted molar refractivity (Wildman–Crippen MR) is 84.4 cm³/mol. The molecule has 0 radical (unpaired) electrons. The molecule has 0 saturated heterocycles. The van der Waals surface area contributed by atoms with Crippen LogP contribution in [0.15, 0.2) is 18.2 Å². The molecule has 0 saturated carbocycles. The minimum absolute atomic E-state index is 0.00428. The summed E-state index contributed by atoms with van der Waals surface area (Å²) < 4.78 is 5.24. The van der Waals surface area contributed by atoms with Gasteiger partial charge in [-0.1, -0.05) is 23.4 Å². The van der Waals surface area contributed by atoms with Gasteiger partial charge in [0.1, 0.15) is 0 Å². The molecule has 1 aromatic carbocycles. The lowest BCUT2D eigenvalue weighted by molar-refractivity contribution is -0.121. The number of halogens is 1. The van der Waals surface area contributed by atoms with Gasteiger partial charge in [0.2, 0.25) is 5.91 Å². The molecule has 114 valence electrons. The number of ether oxygens (including phenoxy) is 1. The summed E-state index contributed by atoms with van der Waals surface area (Å²) in [7, 11) is 1.57. The molecule has 0 spiro atoms. The molecular formula is C16H20ClNO3. The van der Waals surface area contributed by atoms with Crippen LogP contribution in [0.25, 0.3) is 0 Å². The van der Waals surface area contributed by atoms with E-state index in [0.717, 1.165) is 0 Å². The normalized spacial score (nSPS) is 10.7. The second-order valence-electron chi connectivity index (χ2n) is 5.15. The van der Waals surface area contributed by atoms with Gasteiger partial charge in [-0.05, 0) is 32.0 Å². The van der Waals surface area contributed by atoms with E-state index in [1.54, 1.807) is 25.3 Å². The Labute approximate surface area is 130 Å². The summed E-state index contributed by atoms with van der Waals surface area (Å²) in [5.74, 6) is 5.56. The van der Waals surface area contributed by atoms with E-state index >= 15 is 0 Å². The monoisotopic (exact) mass is 309 g/mol. The first-order valence-corrected chi connectivity index (χ1v) is 7.00. The Bertz CT molecular complexity index is 558. The maximum atomic E-state index is 12.1. The number of benzene rings is 1. The van der Waals surface area contributed by atoms with Crippen molar-refractivity contribution < 1.29 is 14.6 Å². The summed E-state index contributed by atoms with van der Waals surface area (Å²) in [6.45, 7) is 3.68. The highest BCUT2D eigenvalue weighted by molar-refractivity contribution is 6.31. The summed E-state index contributed by atoms with van der Waals surface area (Å²) in [6.07, 6.45) is 0.603. The number of rotatable bonds is 5. The van der Waals surface area contributed by atoms with Crippen LogP contribution in [0.2, 0.25) is 5.02 Å². The number of methoxy groups -OCH3 is 1. The minimum Gasteiger partial charge on any atom is -0.395 e. The van der Waals surface area contributed by atoms with Gasteiger partial charge in [-0.25, -0.2) is 0 Å². The van der Waals surface area contributed by atoms with Gasteiger partial charge in [-0.2, -0.15) is 0 Å². The molecule has 0 aliphatic carbocycles. The highest BCUT2D eigenvalue weighted by Crippen LogP contribution is 2.22. The van der Waals surface area contributed by atoms with Crippen molar-refractivity contribution >= 4 is 23.2 Å². The van der Waals surface area contributed by atoms with E-state index in [2.05, 4.69) is 17.2 Å². The smallest absolute Gasteiger partial charge is 0.227 e. The maximum absolute atomic E-state index is 12.1. The Kier molecular flexibility index (Phi) is 6.70. The first kappa shape index (κ1) is 17.5. The number of aliphatic hydroxyl groups is 1. The molecule has 1 rings (SSSR count). The average molecular weight is 310 g/mol. The molecule has 21 heavy (non-hydrogen) atoms. The highest BCUT2D eigenvalue weighted by Gasteiger charge is 2.21. The summed E-state index contributed by atoms with van der Waals surface area (Å²) in [5.41, 5.74) is 0.687. The first-order valence-electron chi connectivity index (χ1n) is 6.62. The van der Waals surface area contributed by atoms with Gasteiger partial charge in [0, 0.05) is 24.1 Å². The molecule has 0 bridgehead atoms. The summed E-state index contributed by atoms with van der Waals surface area (Å²) in [4.78, 5) is 12.1. The number of anilines is 1. The van der Waals surface area contributed by atoms with E-state index in [4.69, 9.17) is 21.4 Å². The summed E-state index contributed by atoms with van der Waals surface area (Å²) in [5, 5.41) is 12.1. The van der Waals surface area contributed by atoms with E-state index in [0.29, 0.717) is 22.7 Å². The zero-order valence-corrected chi connectivity index (χ0v) is 13.3. The van der Waals surface area contributed by atoms with Gasteiger partial charge in [0.25, 0.3) is 0 Å². The number of hydrogen-bond donors (Lipinski definition) is 2. The van der Waals surface area contributed by atoms with Gasteiger partial charge < -0.3 is 15.2 Å². The molecule has 0 aliphatic heterocycles. The van der Waals surface area contributed by atoms with Crippen molar-refractivity contribution in [1.29, 1.82) is 0 Å². The second-order valence-corrected chi connectivity index (χ2v) is 5.59. The lowest BCUT2D eigenvalue weighted by atomic mass is 10.0. The van der Waals surface area contributed by atoms with Crippen LogP contribution in [0.4, 0.5) is 5.69 Å². The average Bonchev–Trinajstić information content (AvgIpc) is 2.41. The van der Waals surface area contributed by atoms with Crippen molar-refractivity contribution in [1.82, 2.24) is 0 Å². The molecule has 0 aliphatic rings. The fraction of sp³-hybridized carbons (Fsp3) is 0.438. The zero-order chi connectivity index (χ0) is 15.9. The second kappa shape index (κ2) is 8.04. The van der Waals surface area contributed by atoms with Crippen molar-refractivity contribution in [3.8, 4) is 11.8 Å². The molecule has 1 amide bonds. The largest absolute Gasteiger partial charge is 0.395 e. The van der Waals surface area contributed by atoms with Gasteiger partial charge >= 0.3 is 0 Å². The van der Waals surface area contributed by atoms with Gasteiger partial charge in [-0.15, -0.1) is 0 Å². The fourth-order valence-corrected chi connectivity index (χ4v) is 1.77. The number of amides is 1. The number of hydrogen-bond acceptors (Lipinski definition) is 3. The number of aliphatic hydroxyl groups excluding tert-OH is 1. The summed E-state index contributed by atoms with van der Waals surface area (Å²) >= 11 is 5.96. The van der Waals surface area contributed by atoms with Crippen LogP contribution >= 0.6 is 11.6 Å². The Morgan fingerprint density at radius 2 is 2.19 bits per heavy atom. The Balaban J connectivity index is 2.89. The van der Waals surface area contributed by atoms with E-state index in [1.165, 1.54) is 0 Å². The minimum atomic E-state index is -0.536. The van der Waals surface area contributed by atoms with Gasteiger partial charge in [-0.3, -0.25) is 4.79 Å². The van der Waals surface area contributed by atoms with Crippen LogP contribution in [0.5, 0.6) is 0 Å². The third kappa shape index (κ3) is 6.17. The molecule has 5 heteroatoms. The quantitative estimate of drug-likeness (QED) is 0.822. The maximum Gasteiger partial charge on any atom is 0.227 e. The Morgan fingerprint density at radius 3 is 2.81 bits per heavy atom. The number of carbonyl (C=O) groups excluding carboxylic acids is 1. The topological polar surface area (TPSA) is 58.6 Å². The molecule has 2 N–H and O–H groups in total. The molecule has 0 aromatic heterocycles. The highest BCUT2D eigenvalue weighted by atomic mass is 35.5. The summed E-state index contributed by atoms with van der Waals surface area (Å²) in [6, 6.07) is 5.10. The third-order valence-corrected chi connectivity index (χ3v) is 3.09. The van der Waals surface area contributed by atoms with Crippen LogP contribution in [0.3, 0.4) is 0 Å². The van der Waals surface area contributed by atoms with Gasteiger partial charge in [0.05, 0.1) is 24.3 Å². The zero-order valence-electron chi connectivity index (χ0n) is 12.5. The molecule has 1 aromatic rings. The molecular weight excluding hydrogens is 290 g/mol.